The molecule has 0 radical (unpaired) electrons. The Kier molecular flexibility index (Phi) is 5.09. The number of amides is 1. The second-order valence-corrected chi connectivity index (χ2v) is 8.31. The number of fused-ring (bicyclic) bond motifs is 2. The Morgan fingerprint density at radius 2 is 2.00 bits per heavy atom. The number of anilines is 1. The topological polar surface area (TPSA) is 71.0 Å². The van der Waals surface area contributed by atoms with Crippen LogP contribution in [0.25, 0.3) is 0 Å². The van der Waals surface area contributed by atoms with Crippen molar-refractivity contribution in [1.29, 1.82) is 0 Å². The molecule has 2 aromatic carbocycles. The van der Waals surface area contributed by atoms with Gasteiger partial charge in [-0.25, -0.2) is 4.79 Å². The Labute approximate surface area is 175 Å². The number of hydrogen-bond donors (Lipinski definition) is 1. The molecule has 1 saturated heterocycles. The zero-order valence-electron chi connectivity index (χ0n) is 16.9. The van der Waals surface area contributed by atoms with Crippen LogP contribution in [0.4, 0.5) is 5.69 Å². The molecule has 1 N–H and O–H groups in total. The zero-order valence-corrected chi connectivity index (χ0v) is 16.9. The molecule has 0 spiro atoms. The van der Waals surface area contributed by atoms with E-state index in [2.05, 4.69) is 21.3 Å². The summed E-state index contributed by atoms with van der Waals surface area (Å²) in [6, 6.07) is 12.0. The molecule has 0 aliphatic carbocycles. The molecule has 0 aromatic heterocycles. The standard InChI is InChI=1S/C24H25N3O3/c28-23(26-21-3-2-18-13-25-14-19(18)12-21)17-6-9-27(10-7-17)8-5-16-1-4-22-20(11-16)15-30-24(22)29/h1-4,11-13,17H,5-10,14-15H2,(H,26,28). The average molecular weight is 403 g/mol. The van der Waals surface area contributed by atoms with Crippen LogP contribution in [0, 0.1) is 5.92 Å². The maximum atomic E-state index is 12.7. The van der Waals surface area contributed by atoms with Gasteiger partial charge in [0.2, 0.25) is 5.91 Å². The van der Waals surface area contributed by atoms with Crippen molar-refractivity contribution in [1.82, 2.24) is 4.90 Å². The summed E-state index contributed by atoms with van der Waals surface area (Å²) in [5.74, 6) is -0.0316. The number of rotatable bonds is 5. The van der Waals surface area contributed by atoms with E-state index in [1.807, 2.05) is 36.5 Å². The van der Waals surface area contributed by atoms with E-state index in [-0.39, 0.29) is 17.8 Å². The van der Waals surface area contributed by atoms with Gasteiger partial charge in [-0.2, -0.15) is 0 Å². The Balaban J connectivity index is 1.10. The number of carbonyl (C=O) groups excluding carboxylic acids is 2. The lowest BCUT2D eigenvalue weighted by molar-refractivity contribution is -0.121. The molecule has 154 valence electrons. The van der Waals surface area contributed by atoms with Gasteiger partial charge in [0, 0.05) is 29.9 Å². The monoisotopic (exact) mass is 403 g/mol. The summed E-state index contributed by atoms with van der Waals surface area (Å²) in [6.07, 6.45) is 4.58. The summed E-state index contributed by atoms with van der Waals surface area (Å²) in [7, 11) is 0. The molecule has 30 heavy (non-hydrogen) atoms. The number of aliphatic imine (C=N–C) groups is 1. The lowest BCUT2D eigenvalue weighted by Gasteiger charge is -2.31. The Morgan fingerprint density at radius 1 is 1.13 bits per heavy atom. The van der Waals surface area contributed by atoms with Crippen LogP contribution in [0.1, 0.15) is 45.5 Å². The van der Waals surface area contributed by atoms with E-state index in [1.54, 1.807) is 0 Å². The Morgan fingerprint density at radius 3 is 2.87 bits per heavy atom. The number of nitrogens with one attached hydrogen (secondary N) is 1. The molecule has 1 fully saturated rings. The number of ether oxygens (including phenoxy) is 1. The first-order chi connectivity index (χ1) is 14.7. The van der Waals surface area contributed by atoms with Crippen LogP contribution in [0.15, 0.2) is 41.4 Å². The van der Waals surface area contributed by atoms with Gasteiger partial charge in [0.15, 0.2) is 0 Å². The molecule has 0 saturated carbocycles. The third kappa shape index (κ3) is 3.87. The molecule has 3 heterocycles. The van der Waals surface area contributed by atoms with Crippen molar-refractivity contribution in [2.45, 2.75) is 32.4 Å². The molecule has 5 rings (SSSR count). The third-order valence-electron chi connectivity index (χ3n) is 6.33. The summed E-state index contributed by atoms with van der Waals surface area (Å²) in [5.41, 5.74) is 6.10. The van der Waals surface area contributed by atoms with Gasteiger partial charge < -0.3 is 15.0 Å². The van der Waals surface area contributed by atoms with Crippen LogP contribution < -0.4 is 5.32 Å². The minimum atomic E-state index is -0.217. The number of piperidine rings is 1. The van der Waals surface area contributed by atoms with Gasteiger partial charge in [0.25, 0.3) is 0 Å². The largest absolute Gasteiger partial charge is 0.457 e. The van der Waals surface area contributed by atoms with Crippen molar-refractivity contribution in [2.75, 3.05) is 25.0 Å². The van der Waals surface area contributed by atoms with Gasteiger partial charge in [0.05, 0.1) is 12.1 Å². The normalized spacial score (nSPS) is 18.2. The molecule has 2 aromatic rings. The maximum absolute atomic E-state index is 12.7. The molecule has 1 amide bonds. The average Bonchev–Trinajstić information content (AvgIpc) is 3.38. The van der Waals surface area contributed by atoms with Crippen LogP contribution in [0.5, 0.6) is 0 Å². The first-order valence-corrected chi connectivity index (χ1v) is 10.6. The minimum absolute atomic E-state index is 0.0638. The molecule has 6 nitrogen and oxygen atoms in total. The number of carbonyl (C=O) groups is 2. The number of esters is 1. The van der Waals surface area contributed by atoms with Gasteiger partial charge >= 0.3 is 5.97 Å². The Bertz CT molecular complexity index is 1020. The van der Waals surface area contributed by atoms with E-state index in [1.165, 1.54) is 11.1 Å². The summed E-state index contributed by atoms with van der Waals surface area (Å²) < 4.78 is 5.08. The maximum Gasteiger partial charge on any atom is 0.338 e. The van der Waals surface area contributed by atoms with Crippen LogP contribution in [-0.2, 0) is 29.1 Å². The highest BCUT2D eigenvalue weighted by Crippen LogP contribution is 2.24. The van der Waals surface area contributed by atoms with E-state index in [0.29, 0.717) is 18.7 Å². The van der Waals surface area contributed by atoms with Crippen LogP contribution in [-0.4, -0.2) is 42.6 Å². The smallest absolute Gasteiger partial charge is 0.338 e. The highest BCUT2D eigenvalue weighted by Gasteiger charge is 2.25. The lowest BCUT2D eigenvalue weighted by atomic mass is 9.95. The molecular formula is C24H25N3O3. The van der Waals surface area contributed by atoms with E-state index in [9.17, 15) is 9.59 Å². The highest BCUT2D eigenvalue weighted by molar-refractivity contribution is 5.94. The third-order valence-corrected chi connectivity index (χ3v) is 6.33. The van der Waals surface area contributed by atoms with Crippen molar-refractivity contribution in [3.8, 4) is 0 Å². The quantitative estimate of drug-likeness (QED) is 0.779. The summed E-state index contributed by atoms with van der Waals surface area (Å²) in [5, 5.41) is 3.09. The predicted molar refractivity (Wildman–Crippen MR) is 115 cm³/mol. The number of cyclic esters (lactones) is 1. The van der Waals surface area contributed by atoms with Crippen molar-refractivity contribution in [3.05, 3.63) is 64.2 Å². The number of likely N-dealkylation sites (tertiary alicyclic amines) is 1. The molecule has 0 atom stereocenters. The van der Waals surface area contributed by atoms with Crippen molar-refractivity contribution in [2.24, 2.45) is 10.9 Å². The molecule has 6 heteroatoms. The van der Waals surface area contributed by atoms with Crippen molar-refractivity contribution < 1.29 is 14.3 Å². The molecule has 3 aliphatic heterocycles. The second kappa shape index (κ2) is 8.03. The van der Waals surface area contributed by atoms with Gasteiger partial charge in [-0.05, 0) is 67.2 Å². The summed E-state index contributed by atoms with van der Waals surface area (Å²) in [6.45, 7) is 3.92. The van der Waals surface area contributed by atoms with E-state index in [4.69, 9.17) is 4.74 Å². The number of benzene rings is 2. The number of hydrogen-bond acceptors (Lipinski definition) is 5. The zero-order chi connectivity index (χ0) is 20.5. The highest BCUT2D eigenvalue weighted by atomic mass is 16.5. The molecule has 3 aliphatic rings. The van der Waals surface area contributed by atoms with E-state index in [0.717, 1.165) is 55.7 Å². The SMILES string of the molecule is O=C1OCc2cc(CCN3CCC(C(=O)Nc4ccc5c(c4)CN=C5)CC3)ccc21. The minimum Gasteiger partial charge on any atom is -0.457 e. The fourth-order valence-electron chi connectivity index (χ4n) is 4.48. The number of nitrogens with zero attached hydrogens (tertiary/aromatic N) is 2. The fraction of sp³-hybridized carbons (Fsp3) is 0.375. The molecular weight excluding hydrogens is 378 g/mol. The van der Waals surface area contributed by atoms with Crippen LogP contribution in [0.3, 0.4) is 0 Å². The second-order valence-electron chi connectivity index (χ2n) is 8.31. The van der Waals surface area contributed by atoms with E-state index < -0.39 is 0 Å². The van der Waals surface area contributed by atoms with Gasteiger partial charge in [-0.15, -0.1) is 0 Å². The first-order valence-electron chi connectivity index (χ1n) is 10.6. The Hall–Kier alpha value is -2.99. The van der Waals surface area contributed by atoms with Crippen LogP contribution >= 0.6 is 0 Å². The van der Waals surface area contributed by atoms with Gasteiger partial charge in [0.1, 0.15) is 6.61 Å². The summed E-state index contributed by atoms with van der Waals surface area (Å²) in [4.78, 5) is 30.9. The van der Waals surface area contributed by atoms with Crippen molar-refractivity contribution >= 4 is 23.8 Å². The molecule has 0 bridgehead atoms. The van der Waals surface area contributed by atoms with E-state index >= 15 is 0 Å². The fourth-order valence-corrected chi connectivity index (χ4v) is 4.48. The molecule has 0 unspecified atom stereocenters. The van der Waals surface area contributed by atoms with Crippen LogP contribution in [0.2, 0.25) is 0 Å². The van der Waals surface area contributed by atoms with Gasteiger partial charge in [-0.3, -0.25) is 9.79 Å². The van der Waals surface area contributed by atoms with Gasteiger partial charge in [-0.1, -0.05) is 18.2 Å². The van der Waals surface area contributed by atoms with Crippen molar-refractivity contribution in [3.63, 3.8) is 0 Å². The first kappa shape index (κ1) is 19.0. The lowest BCUT2D eigenvalue weighted by Crippen LogP contribution is -2.39. The predicted octanol–water partition coefficient (Wildman–Crippen LogP) is 3.18. The summed E-state index contributed by atoms with van der Waals surface area (Å²) >= 11 is 0.